The summed E-state index contributed by atoms with van der Waals surface area (Å²) in [7, 11) is 0. The van der Waals surface area contributed by atoms with Gasteiger partial charge in [0, 0.05) is 45.9 Å². The molecule has 30 heavy (non-hydrogen) atoms. The van der Waals surface area contributed by atoms with Crippen molar-refractivity contribution in [1.82, 2.24) is 15.3 Å². The SMILES string of the molecule is N=Cc1cc(Nc2ccnc(-c3cccc(SCC(=O)NC4CC4)c3)n2)ccc1N. The molecule has 4 rings (SSSR count). The summed E-state index contributed by atoms with van der Waals surface area (Å²) < 4.78 is 0. The van der Waals surface area contributed by atoms with Gasteiger partial charge < -0.3 is 21.8 Å². The van der Waals surface area contributed by atoms with Crippen LogP contribution in [0.5, 0.6) is 0 Å². The molecule has 0 unspecified atom stereocenters. The summed E-state index contributed by atoms with van der Waals surface area (Å²) >= 11 is 1.50. The van der Waals surface area contributed by atoms with Crippen molar-refractivity contribution in [3.8, 4) is 11.4 Å². The molecule has 0 radical (unpaired) electrons. The molecule has 2 aromatic carbocycles. The van der Waals surface area contributed by atoms with Crippen molar-refractivity contribution in [3.05, 3.63) is 60.3 Å². The zero-order valence-corrected chi connectivity index (χ0v) is 17.1. The van der Waals surface area contributed by atoms with Gasteiger partial charge in [0.1, 0.15) is 5.82 Å². The summed E-state index contributed by atoms with van der Waals surface area (Å²) in [6.07, 6.45) is 5.10. The van der Waals surface area contributed by atoms with E-state index >= 15 is 0 Å². The molecule has 8 heteroatoms. The lowest BCUT2D eigenvalue weighted by molar-refractivity contribution is -0.118. The number of hydrogen-bond acceptors (Lipinski definition) is 7. The van der Waals surface area contributed by atoms with E-state index in [1.165, 1.54) is 18.0 Å². The number of benzene rings is 2. The van der Waals surface area contributed by atoms with E-state index in [0.29, 0.717) is 34.7 Å². The van der Waals surface area contributed by atoms with E-state index in [2.05, 4.69) is 20.6 Å². The Morgan fingerprint density at radius 2 is 2.10 bits per heavy atom. The van der Waals surface area contributed by atoms with E-state index in [4.69, 9.17) is 11.1 Å². The van der Waals surface area contributed by atoms with Gasteiger partial charge in [0.15, 0.2) is 5.82 Å². The largest absolute Gasteiger partial charge is 0.398 e. The number of hydrogen-bond donors (Lipinski definition) is 4. The molecule has 5 N–H and O–H groups in total. The number of carbonyl (C=O) groups is 1. The predicted octanol–water partition coefficient (Wildman–Crippen LogP) is 3.84. The third kappa shape index (κ3) is 5.15. The summed E-state index contributed by atoms with van der Waals surface area (Å²) in [5, 5.41) is 13.7. The summed E-state index contributed by atoms with van der Waals surface area (Å²) in [6.45, 7) is 0. The van der Waals surface area contributed by atoms with Gasteiger partial charge in [-0.25, -0.2) is 9.97 Å². The van der Waals surface area contributed by atoms with Crippen LogP contribution in [0.15, 0.2) is 59.6 Å². The molecule has 1 fully saturated rings. The minimum absolute atomic E-state index is 0.0724. The second-order valence-corrected chi connectivity index (χ2v) is 8.09. The highest BCUT2D eigenvalue weighted by Gasteiger charge is 2.23. The molecule has 1 aliphatic carbocycles. The zero-order valence-electron chi connectivity index (χ0n) is 16.3. The summed E-state index contributed by atoms with van der Waals surface area (Å²) in [5.41, 5.74) is 8.71. The Morgan fingerprint density at radius 3 is 2.90 bits per heavy atom. The Labute approximate surface area is 179 Å². The molecule has 3 aromatic rings. The van der Waals surface area contributed by atoms with Crippen LogP contribution in [-0.2, 0) is 4.79 Å². The standard InChI is InChI=1S/C22H22N6OS/c23-12-15-10-17(6-7-19(15)24)26-20-8-9-25-22(28-20)14-2-1-3-18(11-14)30-13-21(29)27-16-4-5-16/h1-3,6-12,16,23H,4-5,13,24H2,(H,27,29)(H,25,26,28). The number of rotatable bonds is 8. The van der Waals surface area contributed by atoms with Crippen LogP contribution >= 0.6 is 11.8 Å². The van der Waals surface area contributed by atoms with E-state index in [1.54, 1.807) is 24.4 Å². The third-order valence-corrected chi connectivity index (χ3v) is 5.57. The fourth-order valence-electron chi connectivity index (χ4n) is 2.86. The van der Waals surface area contributed by atoms with Crippen molar-refractivity contribution >= 4 is 41.1 Å². The fraction of sp³-hybridized carbons (Fsp3) is 0.182. The smallest absolute Gasteiger partial charge is 0.230 e. The van der Waals surface area contributed by atoms with Crippen LogP contribution in [0.3, 0.4) is 0 Å². The van der Waals surface area contributed by atoms with Gasteiger partial charge in [-0.3, -0.25) is 4.79 Å². The highest BCUT2D eigenvalue weighted by Crippen LogP contribution is 2.26. The number of amides is 1. The molecule has 0 spiro atoms. The van der Waals surface area contributed by atoms with Gasteiger partial charge in [-0.2, -0.15) is 0 Å². The molecular weight excluding hydrogens is 396 g/mol. The fourth-order valence-corrected chi connectivity index (χ4v) is 3.63. The molecule has 1 aliphatic rings. The first-order valence-corrected chi connectivity index (χ1v) is 10.6. The lowest BCUT2D eigenvalue weighted by Crippen LogP contribution is -2.26. The molecular formula is C22H22N6OS. The average molecular weight is 419 g/mol. The Balaban J connectivity index is 1.46. The molecule has 1 heterocycles. The molecule has 0 atom stereocenters. The first-order chi connectivity index (χ1) is 14.6. The van der Waals surface area contributed by atoms with Crippen molar-refractivity contribution in [2.45, 2.75) is 23.8 Å². The van der Waals surface area contributed by atoms with Gasteiger partial charge in [-0.1, -0.05) is 12.1 Å². The van der Waals surface area contributed by atoms with Crippen LogP contribution in [-0.4, -0.2) is 33.9 Å². The van der Waals surface area contributed by atoms with Crippen LogP contribution < -0.4 is 16.4 Å². The second-order valence-electron chi connectivity index (χ2n) is 7.04. The summed E-state index contributed by atoms with van der Waals surface area (Å²) in [6, 6.07) is 15.4. The number of nitrogens with one attached hydrogen (secondary N) is 3. The number of aromatic nitrogens is 2. The molecule has 1 amide bonds. The van der Waals surface area contributed by atoms with Gasteiger partial charge >= 0.3 is 0 Å². The maximum Gasteiger partial charge on any atom is 0.230 e. The zero-order chi connectivity index (χ0) is 20.9. The Hall–Kier alpha value is -3.39. The van der Waals surface area contributed by atoms with Crippen molar-refractivity contribution in [1.29, 1.82) is 5.41 Å². The van der Waals surface area contributed by atoms with E-state index in [0.717, 1.165) is 29.0 Å². The summed E-state index contributed by atoms with van der Waals surface area (Å²) in [4.78, 5) is 21.9. The number of nitrogens with two attached hydrogens (primary N) is 1. The maximum absolute atomic E-state index is 11.9. The minimum Gasteiger partial charge on any atom is -0.398 e. The lowest BCUT2D eigenvalue weighted by atomic mass is 10.1. The number of anilines is 3. The molecule has 0 saturated heterocycles. The topological polar surface area (TPSA) is 117 Å². The van der Waals surface area contributed by atoms with E-state index in [1.807, 2.05) is 30.3 Å². The van der Waals surface area contributed by atoms with Crippen LogP contribution in [0.4, 0.5) is 17.2 Å². The van der Waals surface area contributed by atoms with Gasteiger partial charge in [-0.15, -0.1) is 11.8 Å². The highest BCUT2D eigenvalue weighted by atomic mass is 32.2. The van der Waals surface area contributed by atoms with Gasteiger partial charge in [-0.05, 0) is 49.2 Å². The Morgan fingerprint density at radius 1 is 1.23 bits per heavy atom. The first kappa shape index (κ1) is 19.9. The van der Waals surface area contributed by atoms with Gasteiger partial charge in [0.25, 0.3) is 0 Å². The number of thioether (sulfide) groups is 1. The molecule has 1 aromatic heterocycles. The van der Waals surface area contributed by atoms with Crippen LogP contribution in [0.1, 0.15) is 18.4 Å². The lowest BCUT2D eigenvalue weighted by Gasteiger charge is -2.09. The quantitative estimate of drug-likeness (QED) is 0.251. The Kier molecular flexibility index (Phi) is 5.94. The molecule has 0 aliphatic heterocycles. The van der Waals surface area contributed by atoms with Crippen molar-refractivity contribution in [3.63, 3.8) is 0 Å². The maximum atomic E-state index is 11.9. The number of carbonyl (C=O) groups excluding carboxylic acids is 1. The molecule has 1 saturated carbocycles. The van der Waals surface area contributed by atoms with Crippen LogP contribution in [0.25, 0.3) is 11.4 Å². The average Bonchev–Trinajstić information content (AvgIpc) is 3.58. The highest BCUT2D eigenvalue weighted by molar-refractivity contribution is 8.00. The number of nitrogens with zero attached hydrogens (tertiary/aromatic N) is 2. The predicted molar refractivity (Wildman–Crippen MR) is 121 cm³/mol. The van der Waals surface area contributed by atoms with Gasteiger partial charge in [0.05, 0.1) is 5.75 Å². The van der Waals surface area contributed by atoms with Crippen LogP contribution in [0, 0.1) is 5.41 Å². The third-order valence-electron chi connectivity index (χ3n) is 4.57. The van der Waals surface area contributed by atoms with Crippen molar-refractivity contribution in [2.75, 3.05) is 16.8 Å². The molecule has 0 bridgehead atoms. The van der Waals surface area contributed by atoms with Crippen molar-refractivity contribution in [2.24, 2.45) is 0 Å². The second kappa shape index (κ2) is 8.96. The number of nitrogen functional groups attached to an aromatic ring is 1. The van der Waals surface area contributed by atoms with E-state index in [-0.39, 0.29) is 5.91 Å². The van der Waals surface area contributed by atoms with E-state index < -0.39 is 0 Å². The molecule has 7 nitrogen and oxygen atoms in total. The first-order valence-electron chi connectivity index (χ1n) is 9.63. The van der Waals surface area contributed by atoms with Crippen LogP contribution in [0.2, 0.25) is 0 Å². The van der Waals surface area contributed by atoms with E-state index in [9.17, 15) is 4.79 Å². The Bertz CT molecular complexity index is 1080. The normalized spacial score (nSPS) is 12.9. The summed E-state index contributed by atoms with van der Waals surface area (Å²) in [5.74, 6) is 1.70. The monoisotopic (exact) mass is 418 g/mol. The van der Waals surface area contributed by atoms with Crippen molar-refractivity contribution < 1.29 is 4.79 Å². The van der Waals surface area contributed by atoms with Gasteiger partial charge in [0.2, 0.25) is 5.91 Å². The molecule has 152 valence electrons. The minimum atomic E-state index is 0.0724.